The lowest BCUT2D eigenvalue weighted by molar-refractivity contribution is 0.101. The largest absolute Gasteiger partial charge is 0.320 e. The normalized spacial score (nSPS) is 10.9. The molecule has 0 radical (unpaired) electrons. The predicted molar refractivity (Wildman–Crippen MR) is 128 cm³/mol. The van der Waals surface area contributed by atoms with Crippen LogP contribution in [0.1, 0.15) is 32.1 Å². The first-order valence-corrected chi connectivity index (χ1v) is 10.4. The third-order valence-corrected chi connectivity index (χ3v) is 4.72. The lowest BCUT2D eigenvalue weighted by Gasteiger charge is -2.15. The Kier molecular flexibility index (Phi) is 7.70. The first kappa shape index (κ1) is 23.1. The van der Waals surface area contributed by atoms with Crippen molar-refractivity contribution in [3.63, 3.8) is 0 Å². The van der Waals surface area contributed by atoms with Gasteiger partial charge < -0.3 is 20.4 Å². The number of aromatic nitrogens is 1. The number of amides is 2. The van der Waals surface area contributed by atoms with Gasteiger partial charge in [-0.05, 0) is 63.6 Å². The Balaban J connectivity index is 1.76. The molecule has 1 aromatic heterocycles. The Morgan fingerprint density at radius 2 is 1.06 bits per heavy atom. The van der Waals surface area contributed by atoms with Crippen LogP contribution in [0.2, 0.25) is 0 Å². The number of nitrogens with one attached hydrogen (secondary N) is 2. The van der Waals surface area contributed by atoms with E-state index in [-0.39, 0.29) is 23.2 Å². The van der Waals surface area contributed by atoms with Crippen LogP contribution >= 0.6 is 0 Å². The van der Waals surface area contributed by atoms with Gasteiger partial charge in [-0.3, -0.25) is 9.59 Å². The van der Waals surface area contributed by atoms with Crippen LogP contribution in [0, 0.1) is 0 Å². The summed E-state index contributed by atoms with van der Waals surface area (Å²) in [5.41, 5.74) is 3.80. The molecule has 0 fully saturated rings. The van der Waals surface area contributed by atoms with Crippen molar-refractivity contribution in [2.75, 3.05) is 38.8 Å². The van der Waals surface area contributed by atoms with Crippen molar-refractivity contribution in [3.8, 4) is 0 Å². The second-order valence-corrected chi connectivity index (χ2v) is 8.11. The highest BCUT2D eigenvalue weighted by Gasteiger charge is 2.15. The standard InChI is InChI=1S/C25H29N5O2/c1-29(2)16-18-10-5-7-12-20(18)27-24(31)22-14-9-15-23(26-22)25(32)28-21-13-8-6-11-19(21)17-30(3)4/h5-15H,16-17H2,1-4H3,(H,27,31)(H,28,32). The van der Waals surface area contributed by atoms with Gasteiger partial charge in [0.2, 0.25) is 0 Å². The minimum absolute atomic E-state index is 0.180. The van der Waals surface area contributed by atoms with Crippen molar-refractivity contribution < 1.29 is 9.59 Å². The molecular weight excluding hydrogens is 402 g/mol. The van der Waals surface area contributed by atoms with Gasteiger partial charge in [-0.15, -0.1) is 0 Å². The summed E-state index contributed by atoms with van der Waals surface area (Å²) in [5, 5.41) is 5.83. The maximum Gasteiger partial charge on any atom is 0.274 e. The van der Waals surface area contributed by atoms with Crippen molar-refractivity contribution in [2.24, 2.45) is 0 Å². The van der Waals surface area contributed by atoms with Crippen LogP contribution < -0.4 is 10.6 Å². The molecule has 0 bridgehead atoms. The minimum atomic E-state index is -0.362. The summed E-state index contributed by atoms with van der Waals surface area (Å²) in [7, 11) is 7.88. The van der Waals surface area contributed by atoms with E-state index >= 15 is 0 Å². The van der Waals surface area contributed by atoms with Crippen LogP contribution in [0.3, 0.4) is 0 Å². The minimum Gasteiger partial charge on any atom is -0.320 e. The topological polar surface area (TPSA) is 77.6 Å². The van der Waals surface area contributed by atoms with Gasteiger partial charge in [0.15, 0.2) is 0 Å². The zero-order valence-corrected chi connectivity index (χ0v) is 18.9. The van der Waals surface area contributed by atoms with Gasteiger partial charge in [-0.25, -0.2) is 4.98 Å². The molecule has 0 aliphatic heterocycles. The van der Waals surface area contributed by atoms with Gasteiger partial charge in [0.1, 0.15) is 11.4 Å². The molecule has 0 saturated carbocycles. The molecule has 0 atom stereocenters. The molecule has 3 rings (SSSR count). The van der Waals surface area contributed by atoms with Gasteiger partial charge in [0.05, 0.1) is 0 Å². The zero-order chi connectivity index (χ0) is 23.1. The maximum absolute atomic E-state index is 12.8. The number of rotatable bonds is 8. The number of carbonyl (C=O) groups excluding carboxylic acids is 2. The Morgan fingerprint density at radius 1 is 0.656 bits per heavy atom. The lowest BCUT2D eigenvalue weighted by atomic mass is 10.1. The molecule has 0 aliphatic carbocycles. The average molecular weight is 432 g/mol. The van der Waals surface area contributed by atoms with Gasteiger partial charge >= 0.3 is 0 Å². The Hall–Kier alpha value is -3.55. The van der Waals surface area contributed by atoms with Gasteiger partial charge in [-0.1, -0.05) is 42.5 Å². The summed E-state index contributed by atoms with van der Waals surface area (Å²) < 4.78 is 0. The van der Waals surface area contributed by atoms with Crippen molar-refractivity contribution in [3.05, 3.63) is 89.2 Å². The van der Waals surface area contributed by atoms with E-state index in [4.69, 9.17) is 0 Å². The van der Waals surface area contributed by atoms with E-state index in [1.54, 1.807) is 18.2 Å². The molecule has 0 aliphatic rings. The number of hydrogen-bond donors (Lipinski definition) is 2. The molecule has 1 heterocycles. The highest BCUT2D eigenvalue weighted by Crippen LogP contribution is 2.19. The van der Waals surface area contributed by atoms with Gasteiger partial charge in [0.25, 0.3) is 11.8 Å². The molecule has 0 spiro atoms. The molecule has 0 unspecified atom stereocenters. The Bertz CT molecular complexity index is 1010. The highest BCUT2D eigenvalue weighted by molar-refractivity contribution is 6.06. The zero-order valence-electron chi connectivity index (χ0n) is 18.9. The Labute approximate surface area is 189 Å². The summed E-state index contributed by atoms with van der Waals surface area (Å²) in [6, 6.07) is 20.1. The number of hydrogen-bond acceptors (Lipinski definition) is 5. The second-order valence-electron chi connectivity index (χ2n) is 8.11. The van der Waals surface area contributed by atoms with Crippen molar-refractivity contribution in [2.45, 2.75) is 13.1 Å². The monoisotopic (exact) mass is 431 g/mol. The third kappa shape index (κ3) is 6.23. The van der Waals surface area contributed by atoms with Gasteiger partial charge in [-0.2, -0.15) is 0 Å². The van der Waals surface area contributed by atoms with E-state index in [1.165, 1.54) is 0 Å². The van der Waals surface area contributed by atoms with Crippen molar-refractivity contribution in [1.82, 2.24) is 14.8 Å². The van der Waals surface area contributed by atoms with E-state index < -0.39 is 0 Å². The molecule has 3 aromatic rings. The summed E-state index contributed by atoms with van der Waals surface area (Å²) in [5.74, 6) is -0.724. The fraction of sp³-hybridized carbons (Fsp3) is 0.240. The molecule has 32 heavy (non-hydrogen) atoms. The fourth-order valence-corrected chi connectivity index (χ4v) is 3.30. The average Bonchev–Trinajstić information content (AvgIpc) is 2.76. The van der Waals surface area contributed by atoms with Crippen LogP contribution in [0.5, 0.6) is 0 Å². The van der Waals surface area contributed by atoms with Crippen LogP contribution in [0.15, 0.2) is 66.7 Å². The lowest BCUT2D eigenvalue weighted by Crippen LogP contribution is -2.20. The number of benzene rings is 2. The van der Waals surface area contributed by atoms with Crippen molar-refractivity contribution >= 4 is 23.2 Å². The molecule has 2 N–H and O–H groups in total. The summed E-state index contributed by atoms with van der Waals surface area (Å²) in [6.45, 7) is 1.39. The fourth-order valence-electron chi connectivity index (χ4n) is 3.30. The number of para-hydroxylation sites is 2. The highest BCUT2D eigenvalue weighted by atomic mass is 16.2. The molecular formula is C25H29N5O2. The van der Waals surface area contributed by atoms with E-state index in [0.29, 0.717) is 13.1 Å². The molecule has 166 valence electrons. The summed E-state index contributed by atoms with van der Waals surface area (Å²) in [6.07, 6.45) is 0. The number of pyridine rings is 1. The quantitative estimate of drug-likeness (QED) is 0.569. The van der Waals surface area contributed by atoms with Crippen LogP contribution in [0.4, 0.5) is 11.4 Å². The van der Waals surface area contributed by atoms with Gasteiger partial charge in [0, 0.05) is 24.5 Å². The summed E-state index contributed by atoms with van der Waals surface area (Å²) >= 11 is 0. The van der Waals surface area contributed by atoms with E-state index in [0.717, 1.165) is 22.5 Å². The number of nitrogens with zero attached hydrogens (tertiary/aromatic N) is 3. The predicted octanol–water partition coefficient (Wildman–Crippen LogP) is 3.71. The second kappa shape index (κ2) is 10.7. The Morgan fingerprint density at radius 3 is 1.47 bits per heavy atom. The molecule has 2 aromatic carbocycles. The van der Waals surface area contributed by atoms with E-state index in [9.17, 15) is 9.59 Å². The first-order chi connectivity index (χ1) is 15.3. The van der Waals surface area contributed by atoms with Crippen molar-refractivity contribution in [1.29, 1.82) is 0 Å². The van der Waals surface area contributed by atoms with E-state index in [1.807, 2.05) is 86.5 Å². The van der Waals surface area contributed by atoms with Crippen LogP contribution in [0.25, 0.3) is 0 Å². The molecule has 7 nitrogen and oxygen atoms in total. The smallest absolute Gasteiger partial charge is 0.274 e. The first-order valence-electron chi connectivity index (χ1n) is 10.4. The molecule has 7 heteroatoms. The van der Waals surface area contributed by atoms with E-state index in [2.05, 4.69) is 15.6 Å². The maximum atomic E-state index is 12.8. The SMILES string of the molecule is CN(C)Cc1ccccc1NC(=O)c1cccc(C(=O)Nc2ccccc2CN(C)C)n1. The van der Waals surface area contributed by atoms with Crippen LogP contribution in [-0.2, 0) is 13.1 Å². The molecule has 2 amide bonds. The number of carbonyl (C=O) groups is 2. The van der Waals surface area contributed by atoms with Crippen LogP contribution in [-0.4, -0.2) is 54.8 Å². The number of anilines is 2. The summed E-state index contributed by atoms with van der Waals surface area (Å²) in [4.78, 5) is 34.0. The molecule has 0 saturated heterocycles. The third-order valence-electron chi connectivity index (χ3n) is 4.72.